The molecule has 0 saturated heterocycles. The highest BCUT2D eigenvalue weighted by atomic mass is 19.1. The molecule has 2 rings (SSSR count). The fourth-order valence-corrected chi connectivity index (χ4v) is 3.38. The van der Waals surface area contributed by atoms with Crippen LogP contribution in [0, 0.1) is 24.6 Å². The summed E-state index contributed by atoms with van der Waals surface area (Å²) in [5, 5.41) is 10.2. The van der Waals surface area contributed by atoms with E-state index in [1.807, 2.05) is 13.0 Å². The minimum Gasteiger partial charge on any atom is -0.393 e. The van der Waals surface area contributed by atoms with E-state index >= 15 is 0 Å². The van der Waals surface area contributed by atoms with Crippen molar-refractivity contribution in [3.05, 3.63) is 35.1 Å². The lowest BCUT2D eigenvalue weighted by atomic mass is 9.75. The Kier molecular flexibility index (Phi) is 4.98. The van der Waals surface area contributed by atoms with Crippen molar-refractivity contribution in [2.75, 3.05) is 0 Å². The van der Waals surface area contributed by atoms with Gasteiger partial charge in [-0.25, -0.2) is 4.39 Å². The van der Waals surface area contributed by atoms with Gasteiger partial charge < -0.3 is 5.11 Å². The lowest BCUT2D eigenvalue weighted by Gasteiger charge is -2.33. The van der Waals surface area contributed by atoms with E-state index in [0.717, 1.165) is 42.7 Å². The van der Waals surface area contributed by atoms with Crippen LogP contribution in [0.4, 0.5) is 4.39 Å². The highest BCUT2D eigenvalue weighted by Crippen LogP contribution is 2.34. The van der Waals surface area contributed by atoms with Crippen LogP contribution in [0.2, 0.25) is 0 Å². The number of halogens is 1. The van der Waals surface area contributed by atoms with Crippen molar-refractivity contribution in [2.45, 2.75) is 58.5 Å². The molecule has 1 nitrogen and oxygen atoms in total. The van der Waals surface area contributed by atoms with Crippen LogP contribution in [0.25, 0.3) is 0 Å². The largest absolute Gasteiger partial charge is 0.393 e. The standard InChI is InChI=1S/C17H25FO/c1-3-4-13-6-8-17(19)15(9-13)10-14-11-16(18)7-5-12(14)2/h5,7,11,13,15,17,19H,3-4,6,8-10H2,1-2H3. The van der Waals surface area contributed by atoms with Crippen molar-refractivity contribution in [2.24, 2.45) is 11.8 Å². The zero-order chi connectivity index (χ0) is 13.8. The normalized spacial score (nSPS) is 27.5. The second-order valence-corrected chi connectivity index (χ2v) is 6.07. The van der Waals surface area contributed by atoms with Crippen LogP contribution in [0.5, 0.6) is 0 Å². The lowest BCUT2D eigenvalue weighted by Crippen LogP contribution is -2.30. The predicted molar refractivity (Wildman–Crippen MR) is 76.6 cm³/mol. The molecule has 1 saturated carbocycles. The van der Waals surface area contributed by atoms with E-state index in [2.05, 4.69) is 6.92 Å². The summed E-state index contributed by atoms with van der Waals surface area (Å²) in [4.78, 5) is 0. The van der Waals surface area contributed by atoms with Gasteiger partial charge in [0.15, 0.2) is 0 Å². The van der Waals surface area contributed by atoms with Crippen molar-refractivity contribution < 1.29 is 9.50 Å². The maximum Gasteiger partial charge on any atom is 0.123 e. The average Bonchev–Trinajstić information content (AvgIpc) is 2.38. The summed E-state index contributed by atoms with van der Waals surface area (Å²) in [5.74, 6) is 0.870. The van der Waals surface area contributed by atoms with Crippen LogP contribution in [-0.2, 0) is 6.42 Å². The Hall–Kier alpha value is -0.890. The van der Waals surface area contributed by atoms with Crippen LogP contribution >= 0.6 is 0 Å². The smallest absolute Gasteiger partial charge is 0.123 e. The van der Waals surface area contributed by atoms with Gasteiger partial charge in [-0.15, -0.1) is 0 Å². The zero-order valence-corrected chi connectivity index (χ0v) is 12.0. The Morgan fingerprint density at radius 3 is 2.84 bits per heavy atom. The van der Waals surface area contributed by atoms with Crippen molar-refractivity contribution in [1.29, 1.82) is 0 Å². The molecule has 1 fully saturated rings. The molecular weight excluding hydrogens is 239 g/mol. The van der Waals surface area contributed by atoms with Crippen LogP contribution in [0.15, 0.2) is 18.2 Å². The summed E-state index contributed by atoms with van der Waals surface area (Å²) in [6.45, 7) is 4.24. The molecule has 19 heavy (non-hydrogen) atoms. The number of hydrogen-bond acceptors (Lipinski definition) is 1. The minimum atomic E-state index is -0.212. The van der Waals surface area contributed by atoms with E-state index in [1.165, 1.54) is 18.9 Å². The summed E-state index contributed by atoms with van der Waals surface area (Å²) in [7, 11) is 0. The van der Waals surface area contributed by atoms with Crippen molar-refractivity contribution >= 4 is 0 Å². The molecule has 1 aliphatic rings. The maximum absolute atomic E-state index is 13.3. The zero-order valence-electron chi connectivity index (χ0n) is 12.0. The number of rotatable bonds is 4. The topological polar surface area (TPSA) is 20.2 Å². The molecule has 0 aliphatic heterocycles. The quantitative estimate of drug-likeness (QED) is 0.861. The average molecular weight is 264 g/mol. The third-order valence-corrected chi connectivity index (χ3v) is 4.54. The van der Waals surface area contributed by atoms with Gasteiger partial charge in [0, 0.05) is 0 Å². The molecule has 1 aliphatic carbocycles. The van der Waals surface area contributed by atoms with Gasteiger partial charge in [-0.2, -0.15) is 0 Å². The summed E-state index contributed by atoms with van der Waals surface area (Å²) in [6.07, 6.45) is 6.21. The van der Waals surface area contributed by atoms with Crippen LogP contribution < -0.4 is 0 Å². The van der Waals surface area contributed by atoms with E-state index in [1.54, 1.807) is 6.07 Å². The van der Waals surface area contributed by atoms with Crippen molar-refractivity contribution in [3.63, 3.8) is 0 Å². The van der Waals surface area contributed by atoms with E-state index in [9.17, 15) is 9.50 Å². The first kappa shape index (κ1) is 14.5. The van der Waals surface area contributed by atoms with Crippen LogP contribution in [0.1, 0.15) is 50.2 Å². The highest BCUT2D eigenvalue weighted by molar-refractivity contribution is 5.27. The SMILES string of the molecule is CCCC1CCC(O)C(Cc2cc(F)ccc2C)C1. The molecule has 0 amide bonds. The molecule has 106 valence electrons. The lowest BCUT2D eigenvalue weighted by molar-refractivity contribution is 0.0462. The van der Waals surface area contributed by atoms with Gasteiger partial charge in [0.05, 0.1) is 6.10 Å². The van der Waals surface area contributed by atoms with Crippen molar-refractivity contribution in [3.8, 4) is 0 Å². The Balaban J connectivity index is 2.05. The molecule has 0 bridgehead atoms. The second-order valence-electron chi connectivity index (χ2n) is 6.07. The summed E-state index contributed by atoms with van der Waals surface area (Å²) < 4.78 is 13.3. The number of aliphatic hydroxyl groups excluding tert-OH is 1. The maximum atomic E-state index is 13.3. The summed E-state index contributed by atoms with van der Waals surface area (Å²) in [6, 6.07) is 4.98. The van der Waals surface area contributed by atoms with E-state index < -0.39 is 0 Å². The van der Waals surface area contributed by atoms with Gasteiger partial charge in [0.1, 0.15) is 5.82 Å². The Labute approximate surface area is 115 Å². The minimum absolute atomic E-state index is 0.170. The van der Waals surface area contributed by atoms with Crippen molar-refractivity contribution in [1.82, 2.24) is 0 Å². The van der Waals surface area contributed by atoms with Gasteiger partial charge in [-0.3, -0.25) is 0 Å². The Bertz CT molecular complexity index is 416. The molecular formula is C17H25FO. The molecule has 0 heterocycles. The molecule has 3 atom stereocenters. The first-order valence-corrected chi connectivity index (χ1v) is 7.53. The first-order valence-electron chi connectivity index (χ1n) is 7.53. The number of benzene rings is 1. The molecule has 0 spiro atoms. The third-order valence-electron chi connectivity index (χ3n) is 4.54. The molecule has 0 aromatic heterocycles. The van der Waals surface area contributed by atoms with Gasteiger partial charge >= 0.3 is 0 Å². The molecule has 0 radical (unpaired) electrons. The highest BCUT2D eigenvalue weighted by Gasteiger charge is 2.29. The number of hydrogen-bond donors (Lipinski definition) is 1. The van der Waals surface area contributed by atoms with E-state index in [4.69, 9.17) is 0 Å². The van der Waals surface area contributed by atoms with E-state index in [0.29, 0.717) is 5.92 Å². The molecule has 1 aromatic carbocycles. The van der Waals surface area contributed by atoms with E-state index in [-0.39, 0.29) is 11.9 Å². The number of aliphatic hydroxyl groups is 1. The fourth-order valence-electron chi connectivity index (χ4n) is 3.38. The molecule has 1 aromatic rings. The third kappa shape index (κ3) is 3.79. The summed E-state index contributed by atoms with van der Waals surface area (Å²) >= 11 is 0. The summed E-state index contributed by atoms with van der Waals surface area (Å²) in [5.41, 5.74) is 2.19. The molecule has 1 N–H and O–H groups in total. The number of aryl methyl sites for hydroxylation is 1. The monoisotopic (exact) mass is 264 g/mol. The first-order chi connectivity index (χ1) is 9.10. The molecule has 3 unspecified atom stereocenters. The Morgan fingerprint density at radius 1 is 1.32 bits per heavy atom. The predicted octanol–water partition coefficient (Wildman–Crippen LogP) is 4.25. The van der Waals surface area contributed by atoms with Gasteiger partial charge in [0.2, 0.25) is 0 Å². The van der Waals surface area contributed by atoms with Crippen LogP contribution in [0.3, 0.4) is 0 Å². The molecule has 2 heteroatoms. The second kappa shape index (κ2) is 6.51. The van der Waals surface area contributed by atoms with Gasteiger partial charge in [0.25, 0.3) is 0 Å². The fraction of sp³-hybridized carbons (Fsp3) is 0.647. The van der Waals surface area contributed by atoms with Gasteiger partial charge in [-0.05, 0) is 67.7 Å². The Morgan fingerprint density at radius 2 is 2.11 bits per heavy atom. The van der Waals surface area contributed by atoms with Gasteiger partial charge in [-0.1, -0.05) is 25.8 Å². The van der Waals surface area contributed by atoms with Crippen LogP contribution in [-0.4, -0.2) is 11.2 Å².